The van der Waals surface area contributed by atoms with Crippen LogP contribution in [0.15, 0.2) is 267 Å². The summed E-state index contributed by atoms with van der Waals surface area (Å²) in [6.07, 6.45) is 0. The molecule has 1 aliphatic heterocycles. The van der Waals surface area contributed by atoms with Crippen LogP contribution in [0.25, 0.3) is 55.6 Å². The van der Waals surface area contributed by atoms with Crippen molar-refractivity contribution in [1.29, 1.82) is 0 Å². The molecule has 1 spiro atoms. The molecule has 2 nitrogen and oxygen atoms in total. The van der Waals surface area contributed by atoms with Gasteiger partial charge in [-0.05, 0) is 156 Å². The second-order valence-corrected chi connectivity index (χ2v) is 20.0. The number of fused-ring (bicyclic) bond motifs is 12. The van der Waals surface area contributed by atoms with E-state index in [9.17, 15) is 0 Å². The molecule has 2 heteroatoms. The SMILES string of the molecule is CC1(C)c2cc(-c3cccc4c3-c3ccccc3C43c4ccccc4N(c4ccccc4)c4ccccc43)ccc2-c2ccc(N(c3ccc(-c4ccccc4)cc3)c3ccc(-c4ccccc4)cc3)cc21. The largest absolute Gasteiger partial charge is 0.310 e. The molecule has 1 heterocycles. The number of hydrogen-bond acceptors (Lipinski definition) is 2. The summed E-state index contributed by atoms with van der Waals surface area (Å²) >= 11 is 0. The number of rotatable bonds is 7. The Morgan fingerprint density at radius 3 is 1.32 bits per heavy atom. The van der Waals surface area contributed by atoms with Crippen LogP contribution in [0.1, 0.15) is 47.2 Å². The first-order chi connectivity index (χ1) is 35.5. The third-order valence-electron chi connectivity index (χ3n) is 15.9. The molecule has 340 valence electrons. The minimum Gasteiger partial charge on any atom is -0.310 e. The first kappa shape index (κ1) is 41.9. The minimum atomic E-state index is -0.515. The van der Waals surface area contributed by atoms with E-state index in [1.807, 2.05) is 0 Å². The summed E-state index contributed by atoms with van der Waals surface area (Å²) in [5.74, 6) is 0. The summed E-state index contributed by atoms with van der Waals surface area (Å²) in [6.45, 7) is 4.82. The zero-order chi connectivity index (χ0) is 48.0. The van der Waals surface area contributed by atoms with Crippen LogP contribution < -0.4 is 9.80 Å². The van der Waals surface area contributed by atoms with E-state index in [0.717, 1.165) is 22.7 Å². The molecule has 0 amide bonds. The van der Waals surface area contributed by atoms with Crippen molar-refractivity contribution < 1.29 is 0 Å². The Bertz CT molecular complexity index is 3740. The van der Waals surface area contributed by atoms with Crippen molar-refractivity contribution in [2.45, 2.75) is 24.7 Å². The Kier molecular flexibility index (Phi) is 9.50. The van der Waals surface area contributed by atoms with Gasteiger partial charge in [-0.1, -0.05) is 214 Å². The predicted octanol–water partition coefficient (Wildman–Crippen LogP) is 18.6. The fraction of sp³-hybridized carbons (Fsp3) is 0.0571. The zero-order valence-electron chi connectivity index (χ0n) is 40.3. The molecule has 0 N–H and O–H groups in total. The van der Waals surface area contributed by atoms with Gasteiger partial charge in [-0.15, -0.1) is 0 Å². The molecule has 2 aliphatic carbocycles. The highest BCUT2D eigenvalue weighted by Gasteiger charge is 2.52. The topological polar surface area (TPSA) is 6.48 Å². The van der Waals surface area contributed by atoms with Gasteiger partial charge < -0.3 is 9.80 Å². The van der Waals surface area contributed by atoms with Crippen LogP contribution in [0, 0.1) is 0 Å². The second kappa shape index (κ2) is 16.3. The molecule has 0 unspecified atom stereocenters. The first-order valence-corrected chi connectivity index (χ1v) is 25.2. The van der Waals surface area contributed by atoms with Crippen molar-refractivity contribution in [1.82, 2.24) is 0 Å². The van der Waals surface area contributed by atoms with Gasteiger partial charge in [0.05, 0.1) is 16.8 Å². The fourth-order valence-electron chi connectivity index (χ4n) is 12.6. The van der Waals surface area contributed by atoms with Gasteiger partial charge in [0.25, 0.3) is 0 Å². The lowest BCUT2D eigenvalue weighted by atomic mass is 9.64. The molecule has 0 radical (unpaired) electrons. The summed E-state index contributed by atoms with van der Waals surface area (Å²) in [6, 6.07) is 98.9. The maximum atomic E-state index is 2.50. The molecular formula is C70H50N2. The van der Waals surface area contributed by atoms with Gasteiger partial charge in [-0.2, -0.15) is 0 Å². The molecule has 0 atom stereocenters. The van der Waals surface area contributed by atoms with Crippen LogP contribution in [0.5, 0.6) is 0 Å². The number of anilines is 6. The molecule has 0 saturated heterocycles. The standard InChI is InChI=1S/C70H50N2/c1-69(2)64-45-51(56-26-18-30-63-68(56)59-25-12-13-27-60(59)70(63)61-28-14-16-31-66(61)72(52-23-10-5-11-24-52)67-32-17-15-29-62(67)70)37-43-57(64)58-44-42-55(46-65(58)69)71(53-38-33-49(34-39-53)47-19-6-3-7-20-47)54-40-35-50(36-41-54)48-21-8-4-9-22-48/h3-46H,1-2H3. The van der Waals surface area contributed by atoms with E-state index in [1.54, 1.807) is 0 Å². The summed E-state index contributed by atoms with van der Waals surface area (Å²) in [5, 5.41) is 0. The average molecular weight is 919 g/mol. The lowest BCUT2D eigenvalue weighted by Gasteiger charge is -2.45. The minimum absolute atomic E-state index is 0.268. The molecule has 72 heavy (non-hydrogen) atoms. The van der Waals surface area contributed by atoms with E-state index in [4.69, 9.17) is 0 Å². The van der Waals surface area contributed by atoms with Gasteiger partial charge in [0.1, 0.15) is 0 Å². The Balaban J connectivity index is 0.887. The first-order valence-electron chi connectivity index (χ1n) is 25.2. The highest BCUT2D eigenvalue weighted by atomic mass is 15.2. The normalized spacial score (nSPS) is 13.9. The molecule has 14 rings (SSSR count). The third kappa shape index (κ3) is 6.22. The number of nitrogens with zero attached hydrogens (tertiary/aromatic N) is 2. The van der Waals surface area contributed by atoms with Crippen molar-refractivity contribution in [3.05, 3.63) is 300 Å². The highest BCUT2D eigenvalue weighted by Crippen LogP contribution is 2.65. The second-order valence-electron chi connectivity index (χ2n) is 20.0. The highest BCUT2D eigenvalue weighted by molar-refractivity contribution is 6.01. The molecule has 0 fully saturated rings. The summed E-state index contributed by atoms with van der Waals surface area (Å²) in [5.41, 5.74) is 26.6. The van der Waals surface area contributed by atoms with Crippen LogP contribution in [0.2, 0.25) is 0 Å². The predicted molar refractivity (Wildman–Crippen MR) is 301 cm³/mol. The molecule has 11 aromatic rings. The Hall–Kier alpha value is -8.98. The van der Waals surface area contributed by atoms with Crippen molar-refractivity contribution in [3.8, 4) is 55.6 Å². The van der Waals surface area contributed by atoms with E-state index in [1.165, 1.54) is 100 Å². The van der Waals surface area contributed by atoms with E-state index in [2.05, 4.69) is 291 Å². The third-order valence-corrected chi connectivity index (χ3v) is 15.9. The number of benzene rings is 11. The van der Waals surface area contributed by atoms with Gasteiger partial charge in [0.15, 0.2) is 0 Å². The average Bonchev–Trinajstić information content (AvgIpc) is 3.87. The van der Waals surface area contributed by atoms with Crippen LogP contribution in [-0.4, -0.2) is 0 Å². The summed E-state index contributed by atoms with van der Waals surface area (Å²) < 4.78 is 0. The maximum absolute atomic E-state index is 2.50. The molecular weight excluding hydrogens is 869 g/mol. The number of hydrogen-bond donors (Lipinski definition) is 0. The van der Waals surface area contributed by atoms with Gasteiger partial charge >= 0.3 is 0 Å². The van der Waals surface area contributed by atoms with E-state index in [-0.39, 0.29) is 5.41 Å². The molecule has 0 bridgehead atoms. The van der Waals surface area contributed by atoms with E-state index in [0.29, 0.717) is 0 Å². The monoisotopic (exact) mass is 918 g/mol. The van der Waals surface area contributed by atoms with Crippen molar-refractivity contribution in [3.63, 3.8) is 0 Å². The van der Waals surface area contributed by atoms with Crippen molar-refractivity contribution in [2.75, 3.05) is 9.80 Å². The van der Waals surface area contributed by atoms with Crippen molar-refractivity contribution in [2.24, 2.45) is 0 Å². The molecule has 3 aliphatic rings. The lowest BCUT2D eigenvalue weighted by Crippen LogP contribution is -2.36. The van der Waals surface area contributed by atoms with Crippen LogP contribution in [0.4, 0.5) is 34.1 Å². The van der Waals surface area contributed by atoms with Gasteiger partial charge in [0, 0.05) is 28.2 Å². The van der Waals surface area contributed by atoms with Crippen molar-refractivity contribution >= 4 is 34.1 Å². The van der Waals surface area contributed by atoms with Crippen LogP contribution >= 0.6 is 0 Å². The summed E-state index contributed by atoms with van der Waals surface area (Å²) in [4.78, 5) is 4.87. The lowest BCUT2D eigenvalue weighted by molar-refractivity contribution is 0.660. The Morgan fingerprint density at radius 1 is 0.292 bits per heavy atom. The van der Waals surface area contributed by atoms with Gasteiger partial charge in [-0.25, -0.2) is 0 Å². The van der Waals surface area contributed by atoms with Gasteiger partial charge in [-0.3, -0.25) is 0 Å². The quantitative estimate of drug-likeness (QED) is 0.157. The number of para-hydroxylation sites is 3. The van der Waals surface area contributed by atoms with Crippen LogP contribution in [-0.2, 0) is 10.8 Å². The molecule has 0 saturated carbocycles. The summed E-state index contributed by atoms with van der Waals surface area (Å²) in [7, 11) is 0. The van der Waals surface area contributed by atoms with Crippen LogP contribution in [0.3, 0.4) is 0 Å². The molecule has 0 aromatic heterocycles. The smallest absolute Gasteiger partial charge is 0.0754 e. The zero-order valence-corrected chi connectivity index (χ0v) is 40.3. The van der Waals surface area contributed by atoms with E-state index < -0.39 is 5.41 Å². The Morgan fingerprint density at radius 2 is 0.722 bits per heavy atom. The fourth-order valence-corrected chi connectivity index (χ4v) is 12.6. The Labute approximate surface area is 422 Å². The van der Waals surface area contributed by atoms with Gasteiger partial charge in [0.2, 0.25) is 0 Å². The van der Waals surface area contributed by atoms with E-state index >= 15 is 0 Å². The maximum Gasteiger partial charge on any atom is 0.0754 e. The molecule has 11 aromatic carbocycles.